The highest BCUT2D eigenvalue weighted by Crippen LogP contribution is 2.10. The molecule has 1 aliphatic heterocycles. The van der Waals surface area contributed by atoms with Crippen LogP contribution in [-0.4, -0.2) is 48.3 Å². The van der Waals surface area contributed by atoms with Crippen LogP contribution in [0.5, 0.6) is 0 Å². The summed E-state index contributed by atoms with van der Waals surface area (Å²) in [4.78, 5) is 24.3. The molecule has 24 heavy (non-hydrogen) atoms. The first-order chi connectivity index (χ1) is 10.9. The van der Waals surface area contributed by atoms with Gasteiger partial charge in [0.05, 0.1) is 6.10 Å². The number of aliphatic hydroxyl groups excluding tert-OH is 1. The Balaban J connectivity index is 0.00000288. The van der Waals surface area contributed by atoms with Gasteiger partial charge in [0, 0.05) is 31.2 Å². The highest BCUT2D eigenvalue weighted by molar-refractivity contribution is 5.95. The quantitative estimate of drug-likeness (QED) is 0.536. The molecule has 1 aliphatic rings. The van der Waals surface area contributed by atoms with Crippen molar-refractivity contribution in [1.82, 2.24) is 16.0 Å². The summed E-state index contributed by atoms with van der Waals surface area (Å²) in [5, 5.41) is 20.9. The molecular weight excluding hydrogens is 332 g/mol. The van der Waals surface area contributed by atoms with E-state index in [9.17, 15) is 14.7 Å². The van der Waals surface area contributed by atoms with Gasteiger partial charge in [-0.2, -0.15) is 0 Å². The Bertz CT molecular complexity index is 554. The summed E-state index contributed by atoms with van der Waals surface area (Å²) in [5.74, 6) is -0.298. The molecule has 1 aromatic carbocycles. The second-order valence-electron chi connectivity index (χ2n) is 6.27. The maximum Gasteiger partial charge on any atom is 0.320 e. The molecule has 0 radical (unpaired) electrons. The number of urea groups is 1. The van der Waals surface area contributed by atoms with E-state index in [1.54, 1.807) is 26.0 Å². The third-order valence-corrected chi connectivity index (χ3v) is 3.85. The molecule has 2 rings (SSSR count). The van der Waals surface area contributed by atoms with Crippen molar-refractivity contribution in [2.45, 2.75) is 25.5 Å². The third-order valence-electron chi connectivity index (χ3n) is 3.85. The van der Waals surface area contributed by atoms with Crippen LogP contribution >= 0.6 is 12.4 Å². The smallest absolute Gasteiger partial charge is 0.320 e. The van der Waals surface area contributed by atoms with E-state index < -0.39 is 17.7 Å². The van der Waals surface area contributed by atoms with Crippen LogP contribution in [0.3, 0.4) is 0 Å². The minimum atomic E-state index is -1.06. The van der Waals surface area contributed by atoms with Crippen molar-refractivity contribution in [3.63, 3.8) is 0 Å². The van der Waals surface area contributed by atoms with E-state index in [-0.39, 0.29) is 24.2 Å². The van der Waals surface area contributed by atoms with Crippen LogP contribution in [0.4, 0.5) is 10.5 Å². The number of halogens is 1. The fourth-order valence-corrected chi connectivity index (χ4v) is 2.40. The number of hydrogen-bond donors (Lipinski definition) is 5. The van der Waals surface area contributed by atoms with Gasteiger partial charge in [-0.1, -0.05) is 18.2 Å². The molecule has 134 valence electrons. The Kier molecular flexibility index (Phi) is 7.47. The maximum atomic E-state index is 12.3. The number of carbonyl (C=O) groups is 2. The van der Waals surface area contributed by atoms with Crippen LogP contribution in [0.1, 0.15) is 13.8 Å². The molecule has 7 nitrogen and oxygen atoms in total. The fraction of sp³-hybridized carbons (Fsp3) is 0.500. The molecule has 0 bridgehead atoms. The van der Waals surface area contributed by atoms with E-state index in [1.165, 1.54) is 0 Å². The van der Waals surface area contributed by atoms with Crippen molar-refractivity contribution in [2.24, 2.45) is 5.92 Å². The highest BCUT2D eigenvalue weighted by atomic mass is 35.5. The first-order valence-electron chi connectivity index (χ1n) is 7.70. The largest absolute Gasteiger partial charge is 0.391 e. The number of anilines is 1. The second-order valence-corrected chi connectivity index (χ2v) is 6.27. The monoisotopic (exact) mass is 356 g/mol. The molecule has 1 aromatic rings. The highest BCUT2D eigenvalue weighted by Gasteiger charge is 2.31. The standard InChI is InChI=1S/C16H24N4O3.ClH/c1-16(2,14(22)18-9-11-8-17-10-13(11)21)20-15(23)19-12-6-4-3-5-7-12;/h3-7,11,13,17,21H,8-10H2,1-2H3,(H,18,22)(H2,19,20,23);1H. The van der Waals surface area contributed by atoms with Crippen molar-refractivity contribution in [2.75, 3.05) is 25.0 Å². The van der Waals surface area contributed by atoms with Gasteiger partial charge in [-0.05, 0) is 26.0 Å². The van der Waals surface area contributed by atoms with Crippen LogP contribution in [0.2, 0.25) is 0 Å². The van der Waals surface area contributed by atoms with Crippen LogP contribution in [0.15, 0.2) is 30.3 Å². The molecule has 2 atom stereocenters. The zero-order valence-corrected chi connectivity index (χ0v) is 14.7. The van der Waals surface area contributed by atoms with E-state index in [4.69, 9.17) is 0 Å². The minimum Gasteiger partial charge on any atom is -0.391 e. The lowest BCUT2D eigenvalue weighted by atomic mass is 10.0. The van der Waals surface area contributed by atoms with Crippen LogP contribution < -0.4 is 21.3 Å². The maximum absolute atomic E-state index is 12.3. The number of hydrogen-bond acceptors (Lipinski definition) is 4. The zero-order chi connectivity index (χ0) is 16.9. The number of rotatable bonds is 5. The van der Waals surface area contributed by atoms with Crippen molar-refractivity contribution in [1.29, 1.82) is 0 Å². The third kappa shape index (κ3) is 5.67. The molecular formula is C16H25ClN4O3. The summed E-state index contributed by atoms with van der Waals surface area (Å²) in [7, 11) is 0. The summed E-state index contributed by atoms with van der Waals surface area (Å²) in [6, 6.07) is 8.57. The van der Waals surface area contributed by atoms with Gasteiger partial charge in [-0.3, -0.25) is 4.79 Å². The molecule has 1 fully saturated rings. The summed E-state index contributed by atoms with van der Waals surface area (Å²) in [5.41, 5.74) is -0.406. The molecule has 1 saturated heterocycles. The van der Waals surface area contributed by atoms with Gasteiger partial charge in [0.2, 0.25) is 5.91 Å². The fourth-order valence-electron chi connectivity index (χ4n) is 2.40. The van der Waals surface area contributed by atoms with Crippen LogP contribution in [0, 0.1) is 5.92 Å². The molecule has 0 aromatic heterocycles. The van der Waals surface area contributed by atoms with Gasteiger partial charge in [0.25, 0.3) is 0 Å². The van der Waals surface area contributed by atoms with Crippen molar-refractivity contribution < 1.29 is 14.7 Å². The van der Waals surface area contributed by atoms with Gasteiger partial charge < -0.3 is 26.4 Å². The van der Waals surface area contributed by atoms with Gasteiger partial charge in [-0.15, -0.1) is 12.4 Å². The first-order valence-corrected chi connectivity index (χ1v) is 7.70. The Hall–Kier alpha value is -1.83. The lowest BCUT2D eigenvalue weighted by molar-refractivity contribution is -0.126. The SMILES string of the molecule is CC(C)(NC(=O)Nc1ccccc1)C(=O)NCC1CNCC1O.Cl. The molecule has 1 heterocycles. The average molecular weight is 357 g/mol. The zero-order valence-electron chi connectivity index (χ0n) is 13.8. The lowest BCUT2D eigenvalue weighted by Gasteiger charge is -2.26. The summed E-state index contributed by atoms with van der Waals surface area (Å²) >= 11 is 0. The second kappa shape index (κ2) is 8.86. The predicted octanol–water partition coefficient (Wildman–Crippen LogP) is 0.705. The number of para-hydroxylation sites is 1. The first kappa shape index (κ1) is 20.2. The normalized spacial score (nSPS) is 20.0. The number of carbonyl (C=O) groups excluding carboxylic acids is 2. The Morgan fingerprint density at radius 2 is 1.92 bits per heavy atom. The van der Waals surface area contributed by atoms with Gasteiger partial charge in [-0.25, -0.2) is 4.79 Å². The predicted molar refractivity (Wildman–Crippen MR) is 95.3 cm³/mol. The van der Waals surface area contributed by atoms with E-state index in [0.29, 0.717) is 25.3 Å². The van der Waals surface area contributed by atoms with E-state index in [2.05, 4.69) is 21.3 Å². The molecule has 2 unspecified atom stereocenters. The van der Waals surface area contributed by atoms with Crippen LogP contribution in [-0.2, 0) is 4.79 Å². The van der Waals surface area contributed by atoms with E-state index in [1.807, 2.05) is 18.2 Å². The number of β-amino-alcohol motifs (C(OH)–C–C–N with tert-alkyl or cyclic N) is 1. The Morgan fingerprint density at radius 3 is 2.50 bits per heavy atom. The number of benzene rings is 1. The molecule has 0 aliphatic carbocycles. The lowest BCUT2D eigenvalue weighted by Crippen LogP contribution is -2.56. The van der Waals surface area contributed by atoms with Gasteiger partial charge in [0.1, 0.15) is 5.54 Å². The number of nitrogens with one attached hydrogen (secondary N) is 4. The van der Waals surface area contributed by atoms with Gasteiger partial charge >= 0.3 is 6.03 Å². The average Bonchev–Trinajstić information content (AvgIpc) is 2.90. The van der Waals surface area contributed by atoms with Crippen LogP contribution in [0.25, 0.3) is 0 Å². The molecule has 3 amide bonds. The van der Waals surface area contributed by atoms with Crippen molar-refractivity contribution in [3.8, 4) is 0 Å². The summed E-state index contributed by atoms with van der Waals surface area (Å²) in [6.07, 6.45) is -0.451. The van der Waals surface area contributed by atoms with Crippen molar-refractivity contribution >= 4 is 30.0 Å². The Morgan fingerprint density at radius 1 is 1.25 bits per heavy atom. The van der Waals surface area contributed by atoms with E-state index in [0.717, 1.165) is 0 Å². The van der Waals surface area contributed by atoms with Crippen molar-refractivity contribution in [3.05, 3.63) is 30.3 Å². The molecule has 0 spiro atoms. The number of amides is 3. The van der Waals surface area contributed by atoms with E-state index >= 15 is 0 Å². The molecule has 0 saturated carbocycles. The topological polar surface area (TPSA) is 102 Å². The molecule has 5 N–H and O–H groups in total. The Labute approximate surface area is 148 Å². The number of aliphatic hydroxyl groups is 1. The molecule has 8 heteroatoms. The summed E-state index contributed by atoms with van der Waals surface area (Å²) < 4.78 is 0. The minimum absolute atomic E-state index is 0. The van der Waals surface area contributed by atoms with Gasteiger partial charge in [0.15, 0.2) is 0 Å². The summed E-state index contributed by atoms with van der Waals surface area (Å²) in [6.45, 7) is 4.86.